The molecule has 5 rings (SSSR count). The van der Waals surface area contributed by atoms with Gasteiger partial charge >= 0.3 is 6.03 Å². The second-order valence-electron chi connectivity index (χ2n) is 13.1. The Bertz CT molecular complexity index is 1990. The molecule has 1 aliphatic rings. The molecule has 14 nitrogen and oxygen atoms in total. The number of benzene rings is 3. The lowest BCUT2D eigenvalue weighted by atomic mass is 10.0. The highest BCUT2D eigenvalue weighted by molar-refractivity contribution is 7.89. The second kappa shape index (κ2) is 17.9. The van der Waals surface area contributed by atoms with E-state index >= 15 is 0 Å². The third kappa shape index (κ3) is 9.93. The summed E-state index contributed by atoms with van der Waals surface area (Å²) < 4.78 is 70.3. The maximum absolute atomic E-state index is 14.6. The van der Waals surface area contributed by atoms with E-state index < -0.39 is 34.0 Å². The van der Waals surface area contributed by atoms with E-state index in [9.17, 15) is 22.4 Å². The van der Waals surface area contributed by atoms with Crippen molar-refractivity contribution in [3.8, 4) is 11.5 Å². The van der Waals surface area contributed by atoms with Crippen LogP contribution >= 0.6 is 0 Å². The number of nitrogens with zero attached hydrogens (tertiary/aromatic N) is 3. The molecule has 2 heterocycles. The van der Waals surface area contributed by atoms with Gasteiger partial charge in [-0.15, -0.1) is 0 Å². The quantitative estimate of drug-likeness (QED) is 0.179. The van der Waals surface area contributed by atoms with Crippen LogP contribution in [0.2, 0.25) is 0 Å². The van der Waals surface area contributed by atoms with Crippen LogP contribution in [0.5, 0.6) is 11.5 Å². The Labute approximate surface area is 314 Å². The first-order chi connectivity index (χ1) is 25.8. The van der Waals surface area contributed by atoms with Crippen LogP contribution in [0, 0.1) is 25.6 Å². The zero-order valence-electron chi connectivity index (χ0n) is 31.1. The van der Waals surface area contributed by atoms with Crippen LogP contribution in [0.4, 0.5) is 20.6 Å². The van der Waals surface area contributed by atoms with Gasteiger partial charge in [-0.2, -0.15) is 4.31 Å². The van der Waals surface area contributed by atoms with Crippen molar-refractivity contribution in [2.45, 2.75) is 51.3 Å². The number of carbonyl (C=O) groups is 2. The number of anilines is 2. The first-order valence-electron chi connectivity index (χ1n) is 17.4. The molecule has 0 saturated carbocycles. The molecule has 0 unspecified atom stereocenters. The molecule has 0 radical (unpaired) electrons. The summed E-state index contributed by atoms with van der Waals surface area (Å²) in [6, 6.07) is 15.8. The molecule has 3 amide bonds. The Morgan fingerprint density at radius 1 is 1.07 bits per heavy atom. The zero-order valence-corrected chi connectivity index (χ0v) is 31.9. The molecule has 4 aromatic rings. The topological polar surface area (TPSA) is 162 Å². The first-order valence-corrected chi connectivity index (χ1v) is 18.8. The molecular formula is C38H46FN5O9S. The lowest BCUT2D eigenvalue weighted by molar-refractivity contribution is -0.0168. The molecule has 1 aromatic heterocycles. The van der Waals surface area contributed by atoms with Crippen LogP contribution in [0.15, 0.2) is 76.1 Å². The van der Waals surface area contributed by atoms with Gasteiger partial charge in [-0.25, -0.2) is 17.6 Å². The average Bonchev–Trinajstić information content (AvgIpc) is 3.46. The Morgan fingerprint density at radius 3 is 2.46 bits per heavy atom. The predicted octanol–water partition coefficient (Wildman–Crippen LogP) is 5.87. The molecule has 0 spiro atoms. The second-order valence-corrected chi connectivity index (χ2v) is 15.2. The van der Waals surface area contributed by atoms with Gasteiger partial charge in [0.05, 0.1) is 49.5 Å². The summed E-state index contributed by atoms with van der Waals surface area (Å²) in [4.78, 5) is 29.1. The van der Waals surface area contributed by atoms with Crippen LogP contribution in [0.25, 0.3) is 0 Å². The number of sulfonamides is 1. The molecule has 0 bridgehead atoms. The molecule has 16 heteroatoms. The van der Waals surface area contributed by atoms with Crippen molar-refractivity contribution in [1.82, 2.24) is 14.4 Å². The summed E-state index contributed by atoms with van der Waals surface area (Å²) in [5.41, 5.74) is 2.41. The number of urea groups is 1. The Hall–Kier alpha value is -5.03. The number of nitrogens with one attached hydrogen (secondary N) is 2. The predicted molar refractivity (Wildman–Crippen MR) is 199 cm³/mol. The summed E-state index contributed by atoms with van der Waals surface area (Å²) in [5.74, 6) is 0.124. The summed E-state index contributed by atoms with van der Waals surface area (Å²) in [5, 5.41) is 9.36. The number of methoxy groups -OCH3 is 1. The number of hydrogen-bond acceptors (Lipinski definition) is 10. The van der Waals surface area contributed by atoms with Crippen LogP contribution < -0.4 is 20.1 Å². The van der Waals surface area contributed by atoms with Gasteiger partial charge in [0, 0.05) is 31.7 Å². The number of halogens is 1. The lowest BCUT2D eigenvalue weighted by Gasteiger charge is -2.35. The van der Waals surface area contributed by atoms with Crippen molar-refractivity contribution >= 4 is 33.3 Å². The van der Waals surface area contributed by atoms with Crippen molar-refractivity contribution < 1.29 is 45.9 Å². The lowest BCUT2D eigenvalue weighted by Crippen LogP contribution is -2.48. The maximum atomic E-state index is 14.6. The zero-order chi connectivity index (χ0) is 39.0. The highest BCUT2D eigenvalue weighted by atomic mass is 32.2. The van der Waals surface area contributed by atoms with Gasteiger partial charge in [-0.05, 0) is 80.9 Å². The fraction of sp³-hybridized carbons (Fsp3) is 0.395. The monoisotopic (exact) mass is 767 g/mol. The largest absolute Gasteiger partial charge is 0.497 e. The molecule has 0 saturated heterocycles. The van der Waals surface area contributed by atoms with E-state index in [4.69, 9.17) is 23.5 Å². The van der Waals surface area contributed by atoms with E-state index in [2.05, 4.69) is 15.8 Å². The number of likely N-dealkylation sites (N-methyl/N-ethyl adjacent to an activating group) is 1. The van der Waals surface area contributed by atoms with Crippen molar-refractivity contribution in [3.05, 3.63) is 95.1 Å². The van der Waals surface area contributed by atoms with E-state index in [1.165, 1.54) is 19.2 Å². The van der Waals surface area contributed by atoms with Crippen molar-refractivity contribution in [3.63, 3.8) is 0 Å². The minimum atomic E-state index is -3.99. The molecular weight excluding hydrogens is 722 g/mol. The molecule has 54 heavy (non-hydrogen) atoms. The SMILES string of the molecule is COc1ccc(COC[C@H](C)N2C[C@@H](C)[C@H](CN(C)S(=O)(=O)c3ccc(F)cc3)OCCOc3ccc(NC(=O)Nc4c(C)noc4C)cc3C2=O)cc1. The molecule has 0 fully saturated rings. The Balaban J connectivity index is 1.39. The van der Waals surface area contributed by atoms with Crippen LogP contribution in [-0.2, 0) is 26.1 Å². The van der Waals surface area contributed by atoms with Crippen LogP contribution in [0.3, 0.4) is 0 Å². The van der Waals surface area contributed by atoms with E-state index in [1.54, 1.807) is 44.1 Å². The first kappa shape index (κ1) is 40.2. The molecule has 290 valence electrons. The number of carbonyl (C=O) groups excluding carboxylic acids is 2. The van der Waals surface area contributed by atoms with Crippen LogP contribution in [-0.4, -0.2) is 93.9 Å². The number of rotatable bonds is 12. The minimum Gasteiger partial charge on any atom is -0.497 e. The number of ether oxygens (including phenoxy) is 4. The fourth-order valence-corrected chi connectivity index (χ4v) is 7.11. The van der Waals surface area contributed by atoms with Gasteiger partial charge in [0.1, 0.15) is 35.3 Å². The van der Waals surface area contributed by atoms with E-state index in [1.807, 2.05) is 38.1 Å². The molecule has 1 aliphatic heterocycles. The van der Waals surface area contributed by atoms with Crippen molar-refractivity contribution in [1.29, 1.82) is 0 Å². The van der Waals surface area contributed by atoms with Crippen LogP contribution in [0.1, 0.15) is 41.2 Å². The molecule has 3 atom stereocenters. The Kier molecular flexibility index (Phi) is 13.3. The summed E-state index contributed by atoms with van der Waals surface area (Å²) in [7, 11) is -0.962. The number of hydrogen-bond donors (Lipinski definition) is 2. The Morgan fingerprint density at radius 2 is 1.80 bits per heavy atom. The van der Waals surface area contributed by atoms with Gasteiger partial charge in [-0.1, -0.05) is 24.2 Å². The highest BCUT2D eigenvalue weighted by Crippen LogP contribution is 2.29. The maximum Gasteiger partial charge on any atom is 0.323 e. The molecule has 0 aliphatic carbocycles. The summed E-state index contributed by atoms with van der Waals surface area (Å²) >= 11 is 0. The number of aromatic nitrogens is 1. The summed E-state index contributed by atoms with van der Waals surface area (Å²) in [6.45, 7) is 7.84. The van der Waals surface area contributed by atoms with Gasteiger partial charge in [0.25, 0.3) is 5.91 Å². The van der Waals surface area contributed by atoms with Crippen molar-refractivity contribution in [2.75, 3.05) is 57.7 Å². The van der Waals surface area contributed by atoms with Gasteiger partial charge in [-0.3, -0.25) is 4.79 Å². The highest BCUT2D eigenvalue weighted by Gasteiger charge is 2.33. The minimum absolute atomic E-state index is 0.0491. The van der Waals surface area contributed by atoms with Gasteiger partial charge < -0.3 is 39.0 Å². The van der Waals surface area contributed by atoms with E-state index in [0.29, 0.717) is 22.8 Å². The third-order valence-electron chi connectivity index (χ3n) is 9.07. The van der Waals surface area contributed by atoms with E-state index in [0.717, 1.165) is 27.8 Å². The average molecular weight is 768 g/mol. The number of aryl methyl sites for hydroxylation is 2. The standard InChI is InChI=1S/C38H46FN5O9S/c1-24-20-44(25(2)22-50-23-28-7-12-31(49-6)13-8-28)37(45)33-19-30(40-38(46)41-36-26(3)42-53-27(36)4)11-16-34(33)51-17-18-52-35(24)21-43(5)54(47,48)32-14-9-29(39)10-15-32/h7-16,19,24-25,35H,17-18,20-23H2,1-6H3,(H2,40,41,46)/t24-,25+,35+/m1/s1. The van der Waals surface area contributed by atoms with Gasteiger partial charge in [0.2, 0.25) is 10.0 Å². The number of fused-ring (bicyclic) bond motifs is 1. The normalized spacial score (nSPS) is 17.3. The third-order valence-corrected chi connectivity index (χ3v) is 10.9. The molecule has 2 N–H and O–H groups in total. The molecule has 3 aromatic carbocycles. The smallest absolute Gasteiger partial charge is 0.323 e. The van der Waals surface area contributed by atoms with E-state index in [-0.39, 0.29) is 67.6 Å². The van der Waals surface area contributed by atoms with Crippen molar-refractivity contribution in [2.24, 2.45) is 5.92 Å². The number of amides is 3. The summed E-state index contributed by atoms with van der Waals surface area (Å²) in [6.07, 6.45) is -0.664. The fourth-order valence-electron chi connectivity index (χ4n) is 5.93. The van der Waals surface area contributed by atoms with Gasteiger partial charge in [0.15, 0.2) is 5.76 Å².